The molecule has 2 aromatic heterocycles. The van der Waals surface area contributed by atoms with Crippen molar-refractivity contribution in [1.29, 1.82) is 0 Å². The van der Waals surface area contributed by atoms with Gasteiger partial charge in [0.05, 0.1) is 12.6 Å². The van der Waals surface area contributed by atoms with E-state index in [4.69, 9.17) is 9.72 Å². The Bertz CT molecular complexity index is 1030. The molecule has 0 aliphatic heterocycles. The second-order valence-corrected chi connectivity index (χ2v) is 7.06. The zero-order chi connectivity index (χ0) is 18.5. The minimum atomic E-state index is 0.556. The fraction of sp³-hybridized carbons (Fsp3) is 0.143. The van der Waals surface area contributed by atoms with Crippen LogP contribution in [0.15, 0.2) is 66.0 Å². The Morgan fingerprint density at radius 1 is 1.00 bits per heavy atom. The Morgan fingerprint density at radius 3 is 2.78 bits per heavy atom. The number of para-hydroxylation sites is 1. The lowest BCUT2D eigenvalue weighted by atomic mass is 10.2. The molecule has 0 bridgehead atoms. The van der Waals surface area contributed by atoms with Crippen molar-refractivity contribution < 1.29 is 4.74 Å². The third-order valence-corrected chi connectivity index (χ3v) is 5.11. The predicted octanol–water partition coefficient (Wildman–Crippen LogP) is 5.10. The van der Waals surface area contributed by atoms with Gasteiger partial charge in [-0.15, -0.1) is 11.3 Å². The van der Waals surface area contributed by atoms with Crippen molar-refractivity contribution in [3.63, 3.8) is 0 Å². The lowest BCUT2D eigenvalue weighted by Crippen LogP contribution is -2.08. The van der Waals surface area contributed by atoms with E-state index < -0.39 is 0 Å². The van der Waals surface area contributed by atoms with Crippen molar-refractivity contribution in [2.24, 2.45) is 0 Å². The first-order valence-electron chi connectivity index (χ1n) is 8.76. The highest BCUT2D eigenvalue weighted by molar-refractivity contribution is 7.09. The third kappa shape index (κ3) is 4.17. The van der Waals surface area contributed by atoms with E-state index in [1.54, 1.807) is 18.4 Å². The first kappa shape index (κ1) is 17.3. The van der Waals surface area contributed by atoms with Crippen LogP contribution in [0, 0.1) is 0 Å². The maximum Gasteiger partial charge on any atom is 0.229 e. The zero-order valence-corrected chi connectivity index (χ0v) is 15.8. The number of thiophene rings is 1. The average Bonchev–Trinajstić information content (AvgIpc) is 3.21. The van der Waals surface area contributed by atoms with Gasteiger partial charge in [0.2, 0.25) is 5.95 Å². The molecule has 0 radical (unpaired) electrons. The first-order valence-corrected chi connectivity index (χ1v) is 9.64. The summed E-state index contributed by atoms with van der Waals surface area (Å²) in [5.41, 5.74) is 1.78. The van der Waals surface area contributed by atoms with Crippen molar-refractivity contribution in [2.45, 2.75) is 6.42 Å². The van der Waals surface area contributed by atoms with Crippen LogP contribution in [0.2, 0.25) is 0 Å². The molecule has 0 saturated heterocycles. The number of methoxy groups -OCH3 is 1. The van der Waals surface area contributed by atoms with Gasteiger partial charge in [0.25, 0.3) is 0 Å². The molecule has 4 aromatic rings. The molecule has 2 aromatic carbocycles. The summed E-state index contributed by atoms with van der Waals surface area (Å²) in [6, 6.07) is 20.0. The average molecular weight is 376 g/mol. The second kappa shape index (κ2) is 8.05. The number of fused-ring (bicyclic) bond motifs is 1. The van der Waals surface area contributed by atoms with E-state index in [0.29, 0.717) is 5.95 Å². The highest BCUT2D eigenvalue weighted by Crippen LogP contribution is 2.25. The SMILES string of the molecule is COc1cccc(Nc2nc(NCCc3cccs3)c3ccccc3n2)c1. The standard InChI is InChI=1S/C21H20N4OS/c1-26-16-7-4-6-15(14-16)23-21-24-19-10-3-2-9-18(19)20(25-21)22-12-11-17-8-5-13-27-17/h2-10,13-14H,11-12H2,1H3,(H2,22,23,24,25). The minimum absolute atomic E-state index is 0.556. The molecule has 2 N–H and O–H groups in total. The van der Waals surface area contributed by atoms with E-state index in [1.165, 1.54) is 4.88 Å². The highest BCUT2D eigenvalue weighted by atomic mass is 32.1. The number of rotatable bonds is 7. The van der Waals surface area contributed by atoms with Gasteiger partial charge in [0.1, 0.15) is 11.6 Å². The van der Waals surface area contributed by atoms with E-state index >= 15 is 0 Å². The molecule has 0 saturated carbocycles. The van der Waals surface area contributed by atoms with E-state index in [2.05, 4.69) is 33.1 Å². The molecular weight excluding hydrogens is 356 g/mol. The monoisotopic (exact) mass is 376 g/mol. The lowest BCUT2D eigenvalue weighted by molar-refractivity contribution is 0.415. The van der Waals surface area contributed by atoms with Crippen LogP contribution in [0.3, 0.4) is 0 Å². The van der Waals surface area contributed by atoms with Gasteiger partial charge in [-0.25, -0.2) is 4.98 Å². The summed E-state index contributed by atoms with van der Waals surface area (Å²) in [6.07, 6.45) is 0.967. The van der Waals surface area contributed by atoms with Gasteiger partial charge < -0.3 is 15.4 Å². The molecule has 136 valence electrons. The van der Waals surface area contributed by atoms with Crippen LogP contribution in [-0.2, 0) is 6.42 Å². The largest absolute Gasteiger partial charge is 0.497 e. The number of nitrogens with zero attached hydrogens (tertiary/aromatic N) is 2. The Balaban J connectivity index is 1.59. The fourth-order valence-corrected chi connectivity index (χ4v) is 3.57. The molecule has 5 nitrogen and oxygen atoms in total. The van der Waals surface area contributed by atoms with Crippen LogP contribution in [0.5, 0.6) is 5.75 Å². The van der Waals surface area contributed by atoms with Gasteiger partial charge >= 0.3 is 0 Å². The van der Waals surface area contributed by atoms with Crippen LogP contribution in [0.4, 0.5) is 17.5 Å². The Hall–Kier alpha value is -3.12. The summed E-state index contributed by atoms with van der Waals surface area (Å²) in [5, 5.41) is 9.86. The fourth-order valence-electron chi connectivity index (χ4n) is 2.86. The molecule has 0 unspecified atom stereocenters. The van der Waals surface area contributed by atoms with Gasteiger partial charge in [-0.1, -0.05) is 24.3 Å². The molecule has 0 fully saturated rings. The van der Waals surface area contributed by atoms with Crippen LogP contribution < -0.4 is 15.4 Å². The number of nitrogens with one attached hydrogen (secondary N) is 2. The zero-order valence-electron chi connectivity index (χ0n) is 15.0. The molecule has 4 rings (SSSR count). The first-order chi connectivity index (χ1) is 13.3. The van der Waals surface area contributed by atoms with E-state index in [-0.39, 0.29) is 0 Å². The van der Waals surface area contributed by atoms with Crippen molar-refractivity contribution in [3.8, 4) is 5.75 Å². The van der Waals surface area contributed by atoms with Crippen LogP contribution in [0.25, 0.3) is 10.9 Å². The summed E-state index contributed by atoms with van der Waals surface area (Å²) in [5.74, 6) is 2.18. The van der Waals surface area contributed by atoms with Gasteiger partial charge in [0.15, 0.2) is 0 Å². The predicted molar refractivity (Wildman–Crippen MR) is 112 cm³/mol. The Kier molecular flexibility index (Phi) is 5.16. The highest BCUT2D eigenvalue weighted by Gasteiger charge is 2.08. The Morgan fingerprint density at radius 2 is 1.93 bits per heavy atom. The quantitative estimate of drug-likeness (QED) is 0.470. The van der Waals surface area contributed by atoms with Gasteiger partial charge in [-0.2, -0.15) is 4.98 Å². The van der Waals surface area contributed by atoms with Crippen molar-refractivity contribution in [2.75, 3.05) is 24.3 Å². The molecule has 0 aliphatic carbocycles. The summed E-state index contributed by atoms with van der Waals surface area (Å²) < 4.78 is 5.28. The smallest absolute Gasteiger partial charge is 0.229 e. The molecule has 2 heterocycles. The Labute approximate surface area is 162 Å². The molecule has 0 spiro atoms. The number of hydrogen-bond acceptors (Lipinski definition) is 6. The molecule has 0 amide bonds. The minimum Gasteiger partial charge on any atom is -0.497 e. The number of hydrogen-bond donors (Lipinski definition) is 2. The van der Waals surface area contributed by atoms with E-state index in [1.807, 2.05) is 48.5 Å². The normalized spacial score (nSPS) is 10.7. The number of anilines is 3. The van der Waals surface area contributed by atoms with Crippen LogP contribution >= 0.6 is 11.3 Å². The maximum absolute atomic E-state index is 5.28. The van der Waals surface area contributed by atoms with E-state index in [0.717, 1.165) is 41.1 Å². The topological polar surface area (TPSA) is 59.1 Å². The van der Waals surface area contributed by atoms with Crippen molar-refractivity contribution >= 4 is 39.7 Å². The molecular formula is C21H20N4OS. The summed E-state index contributed by atoms with van der Waals surface area (Å²) in [7, 11) is 1.65. The van der Waals surface area contributed by atoms with Crippen LogP contribution in [-0.4, -0.2) is 23.6 Å². The van der Waals surface area contributed by atoms with Crippen molar-refractivity contribution in [3.05, 3.63) is 70.9 Å². The molecule has 27 heavy (non-hydrogen) atoms. The summed E-state index contributed by atoms with van der Waals surface area (Å²) >= 11 is 1.77. The van der Waals surface area contributed by atoms with Gasteiger partial charge in [0, 0.05) is 28.6 Å². The van der Waals surface area contributed by atoms with Gasteiger partial charge in [-0.05, 0) is 42.1 Å². The number of aromatic nitrogens is 2. The number of benzene rings is 2. The maximum atomic E-state index is 5.28. The second-order valence-electron chi connectivity index (χ2n) is 6.03. The number of ether oxygens (including phenoxy) is 1. The van der Waals surface area contributed by atoms with Crippen molar-refractivity contribution in [1.82, 2.24) is 9.97 Å². The third-order valence-electron chi connectivity index (χ3n) is 4.17. The van der Waals surface area contributed by atoms with Gasteiger partial charge in [-0.3, -0.25) is 0 Å². The molecule has 6 heteroatoms. The molecule has 0 atom stereocenters. The van der Waals surface area contributed by atoms with Crippen LogP contribution in [0.1, 0.15) is 4.88 Å². The lowest BCUT2D eigenvalue weighted by Gasteiger charge is -2.12. The summed E-state index contributed by atoms with van der Waals surface area (Å²) in [6.45, 7) is 0.820. The molecule has 0 aliphatic rings. The van der Waals surface area contributed by atoms with E-state index in [9.17, 15) is 0 Å². The summed E-state index contributed by atoms with van der Waals surface area (Å²) in [4.78, 5) is 10.7.